The fraction of sp³-hybridized carbons (Fsp3) is 0.333. The van der Waals surface area contributed by atoms with Gasteiger partial charge in [-0.1, -0.05) is 54.6 Å². The monoisotopic (exact) mass is 310 g/mol. The zero-order chi connectivity index (χ0) is 16.0. The van der Waals surface area contributed by atoms with Gasteiger partial charge >= 0.3 is 0 Å². The van der Waals surface area contributed by atoms with Crippen molar-refractivity contribution in [2.75, 3.05) is 13.1 Å². The maximum atomic E-state index is 12.6. The number of amides is 1. The molecule has 2 bridgehead atoms. The van der Waals surface area contributed by atoms with Crippen molar-refractivity contribution in [1.82, 2.24) is 4.90 Å². The number of rotatable bonds is 4. The van der Waals surface area contributed by atoms with E-state index in [2.05, 4.69) is 0 Å². The van der Waals surface area contributed by atoms with E-state index in [0.717, 1.165) is 5.56 Å². The molecule has 3 heterocycles. The summed E-state index contributed by atoms with van der Waals surface area (Å²) in [7, 11) is 0. The van der Waals surface area contributed by atoms with Crippen molar-refractivity contribution in [1.29, 1.82) is 0 Å². The molecule has 0 aromatic heterocycles. The third-order valence-corrected chi connectivity index (χ3v) is 4.89. The molecule has 5 nitrogen and oxygen atoms in total. The second-order valence-electron chi connectivity index (χ2n) is 6.25. The fourth-order valence-corrected chi connectivity index (χ4v) is 3.88. The van der Waals surface area contributed by atoms with E-state index in [1.807, 2.05) is 48.6 Å². The zero-order valence-corrected chi connectivity index (χ0v) is 12.4. The van der Waals surface area contributed by atoms with Gasteiger partial charge in [0.2, 0.25) is 5.91 Å². The summed E-state index contributed by atoms with van der Waals surface area (Å²) in [6, 6.07) is 9.81. The maximum absolute atomic E-state index is 12.6. The summed E-state index contributed by atoms with van der Waals surface area (Å²) in [5.74, 6) is -2.91. The Labute approximate surface area is 133 Å². The van der Waals surface area contributed by atoms with E-state index in [9.17, 15) is 14.7 Å². The van der Waals surface area contributed by atoms with Crippen LogP contribution in [0, 0.1) is 11.8 Å². The molecule has 1 amide bonds. The number of benzene rings is 1. The van der Waals surface area contributed by atoms with Gasteiger partial charge in [0, 0.05) is 18.4 Å². The van der Waals surface area contributed by atoms with Crippen LogP contribution in [0.3, 0.4) is 0 Å². The summed E-state index contributed by atoms with van der Waals surface area (Å²) in [4.78, 5) is 25.6. The molecule has 118 valence electrons. The number of carbonyl (C=O) groups is 2. The lowest BCUT2D eigenvalue weighted by Crippen LogP contribution is -2.45. The molecule has 0 aliphatic carbocycles. The van der Waals surface area contributed by atoms with Crippen LogP contribution in [0.1, 0.15) is 5.56 Å². The van der Waals surface area contributed by atoms with E-state index in [1.165, 1.54) is 0 Å². The van der Waals surface area contributed by atoms with Crippen molar-refractivity contribution in [2.24, 2.45) is 11.8 Å². The lowest BCUT2D eigenvalue weighted by molar-refractivity contribution is -0.313. The normalized spacial score (nSPS) is 34.5. The number of hydrogen-bond acceptors (Lipinski definition) is 4. The largest absolute Gasteiger partial charge is 0.550 e. The van der Waals surface area contributed by atoms with Crippen molar-refractivity contribution in [3.05, 3.63) is 54.1 Å². The smallest absolute Gasteiger partial charge is 0.230 e. The van der Waals surface area contributed by atoms with E-state index in [4.69, 9.17) is 4.74 Å². The van der Waals surface area contributed by atoms with E-state index >= 15 is 0 Å². The second kappa shape index (κ2) is 5.06. The number of carboxylic acid groups (broad SMARTS) is 1. The number of carboxylic acids is 1. The average molecular weight is 310 g/mol. The average Bonchev–Trinajstić information content (AvgIpc) is 3.17. The molecule has 4 atom stereocenters. The Kier molecular flexibility index (Phi) is 3.13. The summed E-state index contributed by atoms with van der Waals surface area (Å²) in [5, 5.41) is 11.4. The summed E-state index contributed by atoms with van der Waals surface area (Å²) in [5.41, 5.74) is 0.273. The first-order chi connectivity index (χ1) is 11.1. The van der Waals surface area contributed by atoms with Crippen LogP contribution in [0.5, 0.6) is 0 Å². The van der Waals surface area contributed by atoms with Gasteiger partial charge in [-0.05, 0) is 5.56 Å². The Hall–Kier alpha value is -2.40. The molecule has 0 N–H and O–H groups in total. The molecule has 0 unspecified atom stereocenters. The molecule has 2 saturated heterocycles. The summed E-state index contributed by atoms with van der Waals surface area (Å²) in [6.07, 6.45) is 6.92. The van der Waals surface area contributed by atoms with Gasteiger partial charge in [0.25, 0.3) is 0 Å². The van der Waals surface area contributed by atoms with E-state index in [-0.39, 0.29) is 5.91 Å². The van der Waals surface area contributed by atoms with Crippen LogP contribution in [-0.2, 0) is 14.3 Å². The molecule has 3 aliphatic rings. The van der Waals surface area contributed by atoms with Crippen LogP contribution in [0.15, 0.2) is 48.6 Å². The Bertz CT molecular complexity index is 711. The van der Waals surface area contributed by atoms with Crippen LogP contribution in [0.25, 0.3) is 6.08 Å². The molecular formula is C18H16NO4-. The molecule has 4 rings (SSSR count). The molecule has 2 fully saturated rings. The highest BCUT2D eigenvalue weighted by Gasteiger charge is 2.65. The molecule has 1 aromatic carbocycles. The molecule has 0 radical (unpaired) electrons. The summed E-state index contributed by atoms with van der Waals surface area (Å²) in [6.45, 7) is 0.833. The van der Waals surface area contributed by atoms with Gasteiger partial charge in [-0.15, -0.1) is 0 Å². The zero-order valence-electron chi connectivity index (χ0n) is 12.4. The number of fused-ring (bicyclic) bond motifs is 1. The van der Waals surface area contributed by atoms with Crippen LogP contribution >= 0.6 is 0 Å². The third-order valence-electron chi connectivity index (χ3n) is 4.89. The van der Waals surface area contributed by atoms with Gasteiger partial charge in [0.05, 0.1) is 18.6 Å². The van der Waals surface area contributed by atoms with Gasteiger partial charge in [-0.2, -0.15) is 0 Å². The van der Waals surface area contributed by atoms with E-state index in [0.29, 0.717) is 13.1 Å². The van der Waals surface area contributed by atoms with Gasteiger partial charge in [0.15, 0.2) is 0 Å². The second-order valence-corrected chi connectivity index (χ2v) is 6.25. The SMILES string of the molecule is O=C([O-])[C@@H]1[C@H]2C=C[C@@]3(CN(C/C=C/c4ccccc4)C(=O)[C@@H]13)O2. The number of aliphatic carboxylic acids is 1. The number of likely N-dealkylation sites (tertiary alicyclic amines) is 1. The maximum Gasteiger partial charge on any atom is 0.230 e. The third kappa shape index (κ3) is 2.11. The molecule has 1 aromatic rings. The minimum Gasteiger partial charge on any atom is -0.550 e. The predicted octanol–water partition coefficient (Wildman–Crippen LogP) is 0.232. The van der Waals surface area contributed by atoms with Crippen LogP contribution in [0.4, 0.5) is 0 Å². The Morgan fingerprint density at radius 2 is 2.17 bits per heavy atom. The first kappa shape index (κ1) is 14.2. The quantitative estimate of drug-likeness (QED) is 0.747. The number of carbonyl (C=O) groups excluding carboxylic acids is 2. The Morgan fingerprint density at radius 1 is 1.39 bits per heavy atom. The topological polar surface area (TPSA) is 69.7 Å². The van der Waals surface area contributed by atoms with Gasteiger partial charge in [-0.25, -0.2) is 0 Å². The summed E-state index contributed by atoms with van der Waals surface area (Å²) < 4.78 is 5.80. The van der Waals surface area contributed by atoms with Crippen LogP contribution in [0.2, 0.25) is 0 Å². The molecule has 1 spiro atoms. The molecular weight excluding hydrogens is 294 g/mol. The molecule has 3 aliphatic heterocycles. The molecule has 5 heteroatoms. The standard InChI is InChI=1S/C18H17NO4/c20-16-15-14(17(21)22)13-8-9-18(15,23-13)11-19(16)10-4-7-12-5-2-1-3-6-12/h1-9,13-15H,10-11H2,(H,21,22)/p-1/b7-4+/t13-,14-,15-,18+/m1/s1. The van der Waals surface area contributed by atoms with Crippen molar-refractivity contribution < 1.29 is 19.4 Å². The number of hydrogen-bond donors (Lipinski definition) is 0. The highest BCUT2D eigenvalue weighted by molar-refractivity contribution is 5.90. The Morgan fingerprint density at radius 3 is 2.91 bits per heavy atom. The number of ether oxygens (including phenoxy) is 1. The van der Waals surface area contributed by atoms with Crippen LogP contribution < -0.4 is 5.11 Å². The van der Waals surface area contributed by atoms with Crippen molar-refractivity contribution in [3.8, 4) is 0 Å². The summed E-state index contributed by atoms with van der Waals surface area (Å²) >= 11 is 0. The van der Waals surface area contributed by atoms with Gasteiger partial charge < -0.3 is 19.5 Å². The number of nitrogens with zero attached hydrogens (tertiary/aromatic N) is 1. The van der Waals surface area contributed by atoms with Crippen molar-refractivity contribution in [3.63, 3.8) is 0 Å². The molecule has 23 heavy (non-hydrogen) atoms. The molecule has 0 saturated carbocycles. The Balaban J connectivity index is 1.51. The van der Waals surface area contributed by atoms with Crippen molar-refractivity contribution >= 4 is 18.0 Å². The highest BCUT2D eigenvalue weighted by atomic mass is 16.5. The van der Waals surface area contributed by atoms with Crippen molar-refractivity contribution in [2.45, 2.75) is 11.7 Å². The van der Waals surface area contributed by atoms with E-state index in [1.54, 1.807) is 11.0 Å². The fourth-order valence-electron chi connectivity index (χ4n) is 3.88. The van der Waals surface area contributed by atoms with Gasteiger partial charge in [-0.3, -0.25) is 4.79 Å². The lowest BCUT2D eigenvalue weighted by atomic mass is 9.77. The van der Waals surface area contributed by atoms with E-state index < -0.39 is 29.5 Å². The first-order valence-electron chi connectivity index (χ1n) is 7.69. The highest BCUT2D eigenvalue weighted by Crippen LogP contribution is 2.51. The van der Waals surface area contributed by atoms with Gasteiger partial charge in [0.1, 0.15) is 5.60 Å². The predicted molar refractivity (Wildman–Crippen MR) is 80.8 cm³/mol. The minimum absolute atomic E-state index is 0.163. The lowest BCUT2D eigenvalue weighted by Gasteiger charge is -2.24. The minimum atomic E-state index is -1.21. The first-order valence-corrected chi connectivity index (χ1v) is 7.69. The van der Waals surface area contributed by atoms with Crippen LogP contribution in [-0.4, -0.2) is 41.6 Å².